The first-order valence-corrected chi connectivity index (χ1v) is 7.96. The van der Waals surface area contributed by atoms with Crippen molar-refractivity contribution in [2.75, 3.05) is 23.3 Å². The van der Waals surface area contributed by atoms with Crippen molar-refractivity contribution in [1.82, 2.24) is 4.98 Å². The van der Waals surface area contributed by atoms with E-state index >= 15 is 0 Å². The van der Waals surface area contributed by atoms with E-state index in [4.69, 9.17) is 0 Å². The minimum absolute atomic E-state index is 0.00221. The zero-order valence-electron chi connectivity index (χ0n) is 13.0. The maximum absolute atomic E-state index is 13.5. The number of nitrogens with one attached hydrogen (secondary N) is 1. The average molecular weight is 313 g/mol. The van der Waals surface area contributed by atoms with Crippen LogP contribution in [-0.4, -0.2) is 24.0 Å². The molecule has 4 nitrogen and oxygen atoms in total. The molecule has 1 aromatic carbocycles. The van der Waals surface area contributed by atoms with Crippen LogP contribution in [0.3, 0.4) is 0 Å². The Labute approximate surface area is 135 Å². The number of carbonyl (C=O) groups excluding carboxylic acids is 1. The molecule has 0 atom stereocenters. The first kappa shape index (κ1) is 15.5. The number of pyridine rings is 1. The van der Waals surface area contributed by atoms with Gasteiger partial charge in [0.05, 0.1) is 18.3 Å². The molecule has 2 heterocycles. The van der Waals surface area contributed by atoms with Crippen molar-refractivity contribution < 1.29 is 9.18 Å². The summed E-state index contributed by atoms with van der Waals surface area (Å²) in [6, 6.07) is 10.1. The topological polar surface area (TPSA) is 45.2 Å². The predicted octanol–water partition coefficient (Wildman–Crippen LogP) is 3.39. The number of benzene rings is 1. The van der Waals surface area contributed by atoms with Crippen LogP contribution in [0.25, 0.3) is 0 Å². The van der Waals surface area contributed by atoms with Gasteiger partial charge in [0.25, 0.3) is 0 Å². The van der Waals surface area contributed by atoms with Crippen molar-refractivity contribution in [3.63, 3.8) is 0 Å². The summed E-state index contributed by atoms with van der Waals surface area (Å²) in [5.74, 6) is -0.142. The van der Waals surface area contributed by atoms with Gasteiger partial charge in [-0.25, -0.2) is 9.37 Å². The van der Waals surface area contributed by atoms with Gasteiger partial charge in [-0.1, -0.05) is 18.2 Å². The summed E-state index contributed by atoms with van der Waals surface area (Å²) in [5.41, 5.74) is 1.46. The van der Waals surface area contributed by atoms with Gasteiger partial charge < -0.3 is 10.2 Å². The lowest BCUT2D eigenvalue weighted by molar-refractivity contribution is -0.115. The minimum atomic E-state index is -0.365. The zero-order valence-corrected chi connectivity index (χ0v) is 13.0. The monoisotopic (exact) mass is 313 g/mol. The van der Waals surface area contributed by atoms with Gasteiger partial charge in [-0.05, 0) is 43.0 Å². The van der Waals surface area contributed by atoms with Crippen molar-refractivity contribution >= 4 is 17.4 Å². The number of aromatic nitrogens is 1. The number of hydrogen-bond donors (Lipinski definition) is 1. The molecule has 1 aliphatic heterocycles. The van der Waals surface area contributed by atoms with Gasteiger partial charge in [-0.15, -0.1) is 0 Å². The van der Waals surface area contributed by atoms with Gasteiger partial charge in [0, 0.05) is 13.1 Å². The number of carbonyl (C=O) groups is 1. The fraction of sp³-hybridized carbons (Fsp3) is 0.333. The van der Waals surface area contributed by atoms with Crippen molar-refractivity contribution in [3.8, 4) is 0 Å². The van der Waals surface area contributed by atoms with E-state index in [9.17, 15) is 9.18 Å². The number of halogens is 1. The Morgan fingerprint density at radius 3 is 2.61 bits per heavy atom. The second kappa shape index (κ2) is 7.22. The number of rotatable bonds is 4. The van der Waals surface area contributed by atoms with Crippen LogP contribution in [0.4, 0.5) is 15.9 Å². The van der Waals surface area contributed by atoms with E-state index in [1.807, 2.05) is 6.07 Å². The van der Waals surface area contributed by atoms with E-state index in [-0.39, 0.29) is 18.1 Å². The number of piperidine rings is 1. The standard InChI is InChI=1S/C18H20FN3O/c19-16-7-3-2-6-14(16)12-18(23)21-17-9-8-15(13-20-17)22-10-4-1-5-11-22/h2-3,6-9,13H,1,4-5,10-12H2,(H,20,21,23). The molecule has 3 rings (SSSR count). The summed E-state index contributed by atoms with van der Waals surface area (Å²) < 4.78 is 13.5. The molecule has 0 aliphatic carbocycles. The molecule has 1 saturated heterocycles. The quantitative estimate of drug-likeness (QED) is 0.941. The highest BCUT2D eigenvalue weighted by Gasteiger charge is 2.12. The normalized spacial score (nSPS) is 14.6. The number of anilines is 2. The highest BCUT2D eigenvalue weighted by molar-refractivity contribution is 5.91. The number of nitrogens with zero attached hydrogens (tertiary/aromatic N) is 2. The molecule has 1 aromatic heterocycles. The van der Waals surface area contributed by atoms with Crippen molar-refractivity contribution in [3.05, 3.63) is 54.0 Å². The second-order valence-corrected chi connectivity index (χ2v) is 5.77. The molecule has 0 bridgehead atoms. The first-order chi connectivity index (χ1) is 11.2. The lowest BCUT2D eigenvalue weighted by Crippen LogP contribution is -2.29. The molecule has 0 spiro atoms. The van der Waals surface area contributed by atoms with Crippen LogP contribution < -0.4 is 10.2 Å². The third-order valence-electron chi connectivity index (χ3n) is 4.05. The van der Waals surface area contributed by atoms with E-state index in [0.29, 0.717) is 11.4 Å². The lowest BCUT2D eigenvalue weighted by Gasteiger charge is -2.28. The highest BCUT2D eigenvalue weighted by atomic mass is 19.1. The molecular weight excluding hydrogens is 293 g/mol. The molecule has 1 amide bonds. The Bertz CT molecular complexity index is 666. The predicted molar refractivity (Wildman–Crippen MR) is 89.0 cm³/mol. The summed E-state index contributed by atoms with van der Waals surface area (Å²) in [6.07, 6.45) is 5.49. The Morgan fingerprint density at radius 1 is 1.13 bits per heavy atom. The van der Waals surface area contributed by atoms with Crippen LogP contribution in [0.5, 0.6) is 0 Å². The fourth-order valence-electron chi connectivity index (χ4n) is 2.80. The van der Waals surface area contributed by atoms with Crippen LogP contribution in [0.2, 0.25) is 0 Å². The Morgan fingerprint density at radius 2 is 1.91 bits per heavy atom. The summed E-state index contributed by atoms with van der Waals surface area (Å²) >= 11 is 0. The van der Waals surface area contributed by atoms with Crippen LogP contribution in [0.15, 0.2) is 42.6 Å². The molecule has 23 heavy (non-hydrogen) atoms. The molecule has 1 aliphatic rings. The smallest absolute Gasteiger partial charge is 0.230 e. The van der Waals surface area contributed by atoms with Gasteiger partial charge in [0.2, 0.25) is 5.91 Å². The molecule has 5 heteroatoms. The summed E-state index contributed by atoms with van der Waals surface area (Å²) in [4.78, 5) is 18.6. The van der Waals surface area contributed by atoms with E-state index < -0.39 is 0 Å². The third kappa shape index (κ3) is 4.06. The largest absolute Gasteiger partial charge is 0.370 e. The van der Waals surface area contributed by atoms with E-state index in [1.54, 1.807) is 30.5 Å². The van der Waals surface area contributed by atoms with Gasteiger partial charge in [0.1, 0.15) is 11.6 Å². The molecular formula is C18H20FN3O. The second-order valence-electron chi connectivity index (χ2n) is 5.77. The summed E-state index contributed by atoms with van der Waals surface area (Å²) in [5, 5.41) is 2.71. The fourth-order valence-corrected chi connectivity index (χ4v) is 2.80. The van der Waals surface area contributed by atoms with E-state index in [2.05, 4.69) is 15.2 Å². The number of amides is 1. The minimum Gasteiger partial charge on any atom is -0.370 e. The maximum Gasteiger partial charge on any atom is 0.230 e. The molecule has 120 valence electrons. The van der Waals surface area contributed by atoms with Gasteiger partial charge in [-0.3, -0.25) is 4.79 Å². The maximum atomic E-state index is 13.5. The molecule has 0 unspecified atom stereocenters. The van der Waals surface area contributed by atoms with Crippen LogP contribution in [0, 0.1) is 5.82 Å². The molecule has 0 radical (unpaired) electrons. The Kier molecular flexibility index (Phi) is 4.86. The van der Waals surface area contributed by atoms with Crippen LogP contribution in [0.1, 0.15) is 24.8 Å². The average Bonchev–Trinajstić information content (AvgIpc) is 2.58. The summed E-state index contributed by atoms with van der Waals surface area (Å²) in [7, 11) is 0. The van der Waals surface area contributed by atoms with Gasteiger partial charge in [-0.2, -0.15) is 0 Å². The SMILES string of the molecule is O=C(Cc1ccccc1F)Nc1ccc(N2CCCCC2)cn1. The van der Waals surface area contributed by atoms with Crippen molar-refractivity contribution in [2.45, 2.75) is 25.7 Å². The van der Waals surface area contributed by atoms with Crippen molar-refractivity contribution in [1.29, 1.82) is 0 Å². The van der Waals surface area contributed by atoms with Gasteiger partial charge >= 0.3 is 0 Å². The molecule has 1 N–H and O–H groups in total. The van der Waals surface area contributed by atoms with Crippen LogP contribution in [-0.2, 0) is 11.2 Å². The highest BCUT2D eigenvalue weighted by Crippen LogP contribution is 2.20. The Balaban J connectivity index is 1.59. The third-order valence-corrected chi connectivity index (χ3v) is 4.05. The van der Waals surface area contributed by atoms with Crippen molar-refractivity contribution in [2.24, 2.45) is 0 Å². The lowest BCUT2D eigenvalue weighted by atomic mass is 10.1. The first-order valence-electron chi connectivity index (χ1n) is 7.96. The van der Waals surface area contributed by atoms with Gasteiger partial charge in [0.15, 0.2) is 0 Å². The van der Waals surface area contributed by atoms with E-state index in [1.165, 1.54) is 25.3 Å². The molecule has 0 saturated carbocycles. The molecule has 2 aromatic rings. The van der Waals surface area contributed by atoms with E-state index in [0.717, 1.165) is 18.8 Å². The Hall–Kier alpha value is -2.43. The summed E-state index contributed by atoms with van der Waals surface area (Å²) in [6.45, 7) is 2.11. The zero-order chi connectivity index (χ0) is 16.1. The number of hydrogen-bond acceptors (Lipinski definition) is 3. The van der Waals surface area contributed by atoms with Crippen LogP contribution >= 0.6 is 0 Å². The molecule has 1 fully saturated rings.